The Hall–Kier alpha value is -3.23. The lowest BCUT2D eigenvalue weighted by atomic mass is 9.79. The zero-order chi connectivity index (χ0) is 37.9. The number of carbonyl (C=O) groups is 2. The smallest absolute Gasteiger partial charge is 0.264 e. The maximum Gasteiger partial charge on any atom is 0.264 e. The Kier molecular flexibility index (Phi) is 12.4. The summed E-state index contributed by atoms with van der Waals surface area (Å²) < 4.78 is 64.0. The highest BCUT2D eigenvalue weighted by atomic mass is 35.5. The molecule has 53 heavy (non-hydrogen) atoms. The van der Waals surface area contributed by atoms with Crippen LogP contribution in [-0.4, -0.2) is 101 Å². The number of allylic oxidation sites excluding steroid dienone is 1. The van der Waals surface area contributed by atoms with Crippen LogP contribution in [0.15, 0.2) is 42.2 Å². The lowest BCUT2D eigenvalue weighted by Crippen LogP contribution is -2.59. The standard InChI is InChI=1S/C39H52ClFN4O7S/c1-26-10-12-33(41)36(38(47)43(18-20-51-4)16-8-19-50-3)45-17-7-14-39(45)25-44-15-6-5-9-28-21-30(40)23-32(39)31(28)24-52-35-13-11-29(22-34(35)44)37(46)42-53(48,49)27(26)2/h11-13,21-23,26-27,36H,5-10,14-20,24-25H2,1-4H3,(H,42,46)/b33-12-/t26-,27+,36+,39-/m0/s1. The minimum atomic E-state index is -4.15. The number of halogens is 2. The molecule has 2 aromatic rings. The van der Waals surface area contributed by atoms with Crippen LogP contribution in [0.4, 0.5) is 10.1 Å². The molecular weight excluding hydrogens is 723 g/mol. The molecule has 6 rings (SSSR count). The Morgan fingerprint density at radius 3 is 2.66 bits per heavy atom. The highest BCUT2D eigenvalue weighted by Crippen LogP contribution is 2.49. The average Bonchev–Trinajstić information content (AvgIpc) is 3.55. The molecule has 2 amide bonds. The first-order valence-corrected chi connectivity index (χ1v) is 20.6. The summed E-state index contributed by atoms with van der Waals surface area (Å²) in [5.41, 5.74) is 2.88. The van der Waals surface area contributed by atoms with E-state index in [-0.39, 0.29) is 31.7 Å². The minimum absolute atomic E-state index is 0.0276. The molecule has 11 nitrogen and oxygen atoms in total. The van der Waals surface area contributed by atoms with Crippen LogP contribution in [0.3, 0.4) is 0 Å². The van der Waals surface area contributed by atoms with Crippen molar-refractivity contribution in [3.8, 4) is 5.75 Å². The molecule has 0 saturated carbocycles. The Bertz CT molecular complexity index is 1830. The molecule has 4 heterocycles. The predicted molar refractivity (Wildman–Crippen MR) is 203 cm³/mol. The van der Waals surface area contributed by atoms with Crippen LogP contribution in [0.1, 0.15) is 79.4 Å². The van der Waals surface area contributed by atoms with Crippen LogP contribution >= 0.6 is 11.6 Å². The van der Waals surface area contributed by atoms with Crippen molar-refractivity contribution >= 4 is 39.1 Å². The van der Waals surface area contributed by atoms with Gasteiger partial charge >= 0.3 is 0 Å². The van der Waals surface area contributed by atoms with Gasteiger partial charge in [-0.25, -0.2) is 17.5 Å². The number of rotatable bonds is 8. The molecule has 2 aromatic carbocycles. The number of anilines is 1. The van der Waals surface area contributed by atoms with E-state index in [1.54, 1.807) is 44.2 Å². The number of nitrogens with one attached hydrogen (secondary N) is 1. The number of hydrogen-bond acceptors (Lipinski definition) is 9. The summed E-state index contributed by atoms with van der Waals surface area (Å²) in [7, 11) is -0.982. The third-order valence-electron chi connectivity index (χ3n) is 11.5. The number of methoxy groups -OCH3 is 2. The number of nitrogens with zero attached hydrogens (tertiary/aromatic N) is 3. The van der Waals surface area contributed by atoms with Gasteiger partial charge in [0.2, 0.25) is 15.9 Å². The second kappa shape index (κ2) is 16.6. The Morgan fingerprint density at radius 2 is 1.89 bits per heavy atom. The molecular formula is C39H52ClFN4O7S. The summed E-state index contributed by atoms with van der Waals surface area (Å²) in [5.74, 6) is -1.82. The summed E-state index contributed by atoms with van der Waals surface area (Å²) in [6, 6.07) is 7.65. The average molecular weight is 775 g/mol. The predicted octanol–water partition coefficient (Wildman–Crippen LogP) is 5.59. The van der Waals surface area contributed by atoms with E-state index in [4.69, 9.17) is 25.8 Å². The van der Waals surface area contributed by atoms with Crippen LogP contribution in [-0.2, 0) is 42.9 Å². The molecule has 4 atom stereocenters. The number of amides is 2. The summed E-state index contributed by atoms with van der Waals surface area (Å²) in [6.45, 7) is 6.08. The van der Waals surface area contributed by atoms with Crippen LogP contribution in [0.25, 0.3) is 0 Å². The van der Waals surface area contributed by atoms with Crippen molar-refractivity contribution < 1.29 is 36.6 Å². The zero-order valence-corrected chi connectivity index (χ0v) is 32.7. The van der Waals surface area contributed by atoms with E-state index in [0.717, 1.165) is 36.0 Å². The van der Waals surface area contributed by atoms with Crippen molar-refractivity contribution in [3.63, 3.8) is 0 Å². The van der Waals surface area contributed by atoms with E-state index in [0.29, 0.717) is 68.5 Å². The van der Waals surface area contributed by atoms with Crippen LogP contribution < -0.4 is 14.4 Å². The van der Waals surface area contributed by atoms with Crippen LogP contribution in [0.5, 0.6) is 5.75 Å². The first-order valence-electron chi connectivity index (χ1n) is 18.7. The van der Waals surface area contributed by atoms with E-state index < -0.39 is 50.4 Å². The van der Waals surface area contributed by atoms with Gasteiger partial charge in [0, 0.05) is 64.1 Å². The fourth-order valence-electron chi connectivity index (χ4n) is 8.41. The van der Waals surface area contributed by atoms with Crippen molar-refractivity contribution in [1.29, 1.82) is 0 Å². The topological polar surface area (TPSA) is 118 Å². The number of sulfonamides is 1. The van der Waals surface area contributed by atoms with Gasteiger partial charge < -0.3 is 24.0 Å². The molecule has 14 heteroatoms. The molecule has 0 unspecified atom stereocenters. The van der Waals surface area contributed by atoms with Crippen LogP contribution in [0.2, 0.25) is 5.02 Å². The molecule has 1 fully saturated rings. The van der Waals surface area contributed by atoms with Gasteiger partial charge in [0.25, 0.3) is 5.91 Å². The number of benzene rings is 2. The summed E-state index contributed by atoms with van der Waals surface area (Å²) in [5, 5.41) is -0.471. The fourth-order valence-corrected chi connectivity index (χ4v) is 9.94. The van der Waals surface area contributed by atoms with Crippen molar-refractivity contribution in [3.05, 3.63) is 69.5 Å². The van der Waals surface area contributed by atoms with E-state index in [1.807, 2.05) is 17.0 Å². The highest BCUT2D eigenvalue weighted by Gasteiger charge is 2.52. The number of fused-ring (bicyclic) bond motifs is 1. The summed E-state index contributed by atoms with van der Waals surface area (Å²) >= 11 is 6.94. The second-order valence-corrected chi connectivity index (χ2v) is 17.3. The Labute approximate surface area is 317 Å². The van der Waals surface area contributed by atoms with Gasteiger partial charge in [-0.05, 0) is 105 Å². The minimum Gasteiger partial charge on any atom is -0.487 e. The lowest BCUT2D eigenvalue weighted by molar-refractivity contribution is -0.139. The molecule has 4 aliphatic rings. The monoisotopic (exact) mass is 774 g/mol. The summed E-state index contributed by atoms with van der Waals surface area (Å²) in [6.07, 6.45) is 5.70. The van der Waals surface area contributed by atoms with E-state index >= 15 is 9.18 Å². The van der Waals surface area contributed by atoms with Gasteiger partial charge in [0.15, 0.2) is 0 Å². The molecule has 290 valence electrons. The molecule has 1 spiro atoms. The van der Waals surface area contributed by atoms with Crippen molar-refractivity contribution in [2.45, 2.75) is 82.2 Å². The normalized spacial score (nSPS) is 26.9. The van der Waals surface area contributed by atoms with Crippen molar-refractivity contribution in [2.75, 3.05) is 65.1 Å². The largest absolute Gasteiger partial charge is 0.487 e. The van der Waals surface area contributed by atoms with Crippen molar-refractivity contribution in [1.82, 2.24) is 14.5 Å². The van der Waals surface area contributed by atoms with Crippen LogP contribution in [0, 0.1) is 5.92 Å². The number of aryl methyl sites for hydroxylation is 1. The first kappa shape index (κ1) is 39.5. The van der Waals surface area contributed by atoms with Gasteiger partial charge in [-0.1, -0.05) is 24.6 Å². The SMILES string of the molecule is COCCCN(CCOC)C(=O)[C@H]1/C(F)=C/C[C@H](C)[C@@H](C)S(=O)(=O)NC(=O)c2ccc3c(c2)N2CCCCc4cc(Cl)cc(c4CO3)[C@]3(CCCN13)C2. The Balaban J connectivity index is 1.61. The highest BCUT2D eigenvalue weighted by molar-refractivity contribution is 7.90. The van der Waals surface area contributed by atoms with Gasteiger partial charge in [0.05, 0.1) is 23.1 Å². The molecule has 4 aliphatic heterocycles. The third-order valence-corrected chi connectivity index (χ3v) is 13.7. The maximum absolute atomic E-state index is 17.4. The van der Waals surface area contributed by atoms with Gasteiger partial charge in [-0.15, -0.1) is 0 Å². The zero-order valence-electron chi connectivity index (χ0n) is 31.2. The quantitative estimate of drug-likeness (QED) is 0.343. The first-order chi connectivity index (χ1) is 25.4. The van der Waals surface area contributed by atoms with Gasteiger partial charge in [-0.2, -0.15) is 0 Å². The fraction of sp³-hybridized carbons (Fsp3) is 0.590. The molecule has 0 radical (unpaired) electrons. The third kappa shape index (κ3) is 8.10. The second-order valence-electron chi connectivity index (χ2n) is 14.8. The van der Waals surface area contributed by atoms with E-state index in [2.05, 4.69) is 9.62 Å². The van der Waals surface area contributed by atoms with E-state index in [1.165, 1.54) is 13.0 Å². The molecule has 1 saturated heterocycles. The van der Waals surface area contributed by atoms with Gasteiger partial charge in [-0.3, -0.25) is 14.5 Å². The lowest BCUT2D eigenvalue weighted by Gasteiger charge is -2.47. The molecule has 1 N–H and O–H groups in total. The summed E-state index contributed by atoms with van der Waals surface area (Å²) in [4.78, 5) is 34.5. The maximum atomic E-state index is 17.4. The molecule has 0 aliphatic carbocycles. The number of hydrogen-bond donors (Lipinski definition) is 1. The number of carbonyl (C=O) groups excluding carboxylic acids is 2. The number of ether oxygens (including phenoxy) is 3. The van der Waals surface area contributed by atoms with E-state index in [9.17, 15) is 13.2 Å². The molecule has 7 bridgehead atoms. The van der Waals surface area contributed by atoms with Crippen molar-refractivity contribution in [2.24, 2.45) is 5.92 Å². The Morgan fingerprint density at radius 1 is 1.09 bits per heavy atom. The molecule has 0 aromatic heterocycles. The van der Waals surface area contributed by atoms with Gasteiger partial charge in [0.1, 0.15) is 24.2 Å².